The molecular formula is C13H15NO5. The highest BCUT2D eigenvalue weighted by Gasteiger charge is 2.12. The van der Waals surface area contributed by atoms with Crippen LogP contribution in [-0.4, -0.2) is 30.4 Å². The van der Waals surface area contributed by atoms with Gasteiger partial charge in [0.05, 0.1) is 17.9 Å². The van der Waals surface area contributed by atoms with Crippen LogP contribution in [-0.2, 0) is 4.74 Å². The summed E-state index contributed by atoms with van der Waals surface area (Å²) in [5.41, 5.74) is 0.425. The quantitative estimate of drug-likeness (QED) is 0.772. The molecule has 1 aromatic carbocycles. The number of carbonyl (C=O) groups excluding carboxylic acids is 1. The standard InChI is InChI=1S/C13H15NO5/c1-3-7-19-13(17)14-10-6-5-9(12(15)16)8-11(10)18-4-2/h3,5-6,8H,1,4,7H2,2H3,(H,14,17)(H,15,16). The van der Waals surface area contributed by atoms with Gasteiger partial charge in [-0.05, 0) is 25.1 Å². The lowest BCUT2D eigenvalue weighted by atomic mass is 10.2. The molecule has 0 aliphatic rings. The molecule has 1 aromatic rings. The fourth-order valence-corrected chi connectivity index (χ4v) is 1.31. The number of amides is 1. The van der Waals surface area contributed by atoms with Crippen molar-refractivity contribution in [2.24, 2.45) is 0 Å². The van der Waals surface area contributed by atoms with Gasteiger partial charge in [0.1, 0.15) is 12.4 Å². The van der Waals surface area contributed by atoms with Crippen molar-refractivity contribution >= 4 is 17.7 Å². The zero-order chi connectivity index (χ0) is 14.3. The van der Waals surface area contributed by atoms with E-state index in [0.717, 1.165) is 0 Å². The highest BCUT2D eigenvalue weighted by molar-refractivity contribution is 5.91. The highest BCUT2D eigenvalue weighted by Crippen LogP contribution is 2.26. The van der Waals surface area contributed by atoms with Gasteiger partial charge in [-0.25, -0.2) is 9.59 Å². The van der Waals surface area contributed by atoms with E-state index in [9.17, 15) is 9.59 Å². The largest absolute Gasteiger partial charge is 0.492 e. The summed E-state index contributed by atoms with van der Waals surface area (Å²) in [6.07, 6.45) is 0.778. The molecule has 0 heterocycles. The number of nitrogens with one attached hydrogen (secondary N) is 1. The van der Waals surface area contributed by atoms with Crippen molar-refractivity contribution in [2.75, 3.05) is 18.5 Å². The molecule has 0 spiro atoms. The topological polar surface area (TPSA) is 84.9 Å². The Morgan fingerprint density at radius 3 is 2.79 bits per heavy atom. The summed E-state index contributed by atoms with van der Waals surface area (Å²) in [5, 5.41) is 11.4. The lowest BCUT2D eigenvalue weighted by Crippen LogP contribution is -2.14. The van der Waals surface area contributed by atoms with Gasteiger partial charge in [0.2, 0.25) is 0 Å². The fourth-order valence-electron chi connectivity index (χ4n) is 1.31. The van der Waals surface area contributed by atoms with Gasteiger partial charge in [-0.15, -0.1) is 0 Å². The monoisotopic (exact) mass is 265 g/mol. The van der Waals surface area contributed by atoms with E-state index in [0.29, 0.717) is 12.3 Å². The van der Waals surface area contributed by atoms with Crippen molar-refractivity contribution < 1.29 is 24.2 Å². The van der Waals surface area contributed by atoms with E-state index in [2.05, 4.69) is 11.9 Å². The summed E-state index contributed by atoms with van der Waals surface area (Å²) in [6, 6.07) is 4.16. The predicted octanol–water partition coefficient (Wildman–Crippen LogP) is 2.52. The van der Waals surface area contributed by atoms with Crippen LogP contribution in [0.4, 0.5) is 10.5 Å². The smallest absolute Gasteiger partial charge is 0.412 e. The molecule has 0 aliphatic carbocycles. The van der Waals surface area contributed by atoms with Gasteiger partial charge < -0.3 is 14.6 Å². The zero-order valence-electron chi connectivity index (χ0n) is 10.5. The van der Waals surface area contributed by atoms with Crippen LogP contribution in [0.25, 0.3) is 0 Å². The van der Waals surface area contributed by atoms with E-state index in [1.807, 2.05) is 0 Å². The number of hydrogen-bond acceptors (Lipinski definition) is 4. The number of aromatic carboxylic acids is 1. The first-order valence-corrected chi connectivity index (χ1v) is 5.63. The van der Waals surface area contributed by atoms with Crippen LogP contribution in [0.2, 0.25) is 0 Å². The Labute approximate surface area is 110 Å². The number of carbonyl (C=O) groups is 2. The second-order valence-electron chi connectivity index (χ2n) is 3.46. The lowest BCUT2D eigenvalue weighted by molar-refractivity contribution is 0.0696. The van der Waals surface area contributed by atoms with Gasteiger partial charge in [0, 0.05) is 0 Å². The Bertz CT molecular complexity index is 484. The third-order valence-corrected chi connectivity index (χ3v) is 2.10. The van der Waals surface area contributed by atoms with Crippen molar-refractivity contribution in [3.63, 3.8) is 0 Å². The van der Waals surface area contributed by atoms with Crippen LogP contribution >= 0.6 is 0 Å². The molecule has 0 radical (unpaired) electrons. The summed E-state index contributed by atoms with van der Waals surface area (Å²) in [4.78, 5) is 22.2. The third kappa shape index (κ3) is 4.34. The molecule has 0 atom stereocenters. The van der Waals surface area contributed by atoms with Crippen LogP contribution < -0.4 is 10.1 Å². The normalized spacial score (nSPS) is 9.53. The van der Waals surface area contributed by atoms with Crippen LogP contribution in [0.15, 0.2) is 30.9 Å². The lowest BCUT2D eigenvalue weighted by Gasteiger charge is -2.12. The Kier molecular flexibility index (Phi) is 5.40. The summed E-state index contributed by atoms with van der Waals surface area (Å²) in [6.45, 7) is 5.61. The second-order valence-corrected chi connectivity index (χ2v) is 3.46. The number of rotatable bonds is 6. The second kappa shape index (κ2) is 7.05. The van der Waals surface area contributed by atoms with Crippen molar-refractivity contribution in [3.8, 4) is 5.75 Å². The Morgan fingerprint density at radius 2 is 2.21 bits per heavy atom. The van der Waals surface area contributed by atoms with Crippen molar-refractivity contribution in [1.82, 2.24) is 0 Å². The molecule has 0 aliphatic heterocycles. The molecule has 102 valence electrons. The minimum absolute atomic E-state index is 0.0773. The maximum absolute atomic E-state index is 11.4. The molecule has 0 saturated carbocycles. The van der Waals surface area contributed by atoms with Crippen LogP contribution in [0.5, 0.6) is 5.75 Å². The van der Waals surface area contributed by atoms with Gasteiger partial charge >= 0.3 is 12.1 Å². The molecule has 0 aromatic heterocycles. The summed E-state index contributed by atoms with van der Waals surface area (Å²) in [5.74, 6) is -0.792. The van der Waals surface area contributed by atoms with Crippen LogP contribution in [0.1, 0.15) is 17.3 Å². The molecular weight excluding hydrogens is 250 g/mol. The molecule has 19 heavy (non-hydrogen) atoms. The summed E-state index contributed by atoms with van der Waals surface area (Å²) in [7, 11) is 0. The van der Waals surface area contributed by atoms with Gasteiger partial charge in [-0.3, -0.25) is 5.32 Å². The zero-order valence-corrected chi connectivity index (χ0v) is 10.5. The molecule has 1 amide bonds. The first kappa shape index (κ1) is 14.6. The first-order valence-electron chi connectivity index (χ1n) is 5.63. The molecule has 0 saturated heterocycles. The average Bonchev–Trinajstić information content (AvgIpc) is 2.38. The molecule has 0 unspecified atom stereocenters. The maximum Gasteiger partial charge on any atom is 0.412 e. The Morgan fingerprint density at radius 1 is 1.47 bits per heavy atom. The van der Waals surface area contributed by atoms with Gasteiger partial charge in [0.25, 0.3) is 0 Å². The number of carboxylic acids is 1. The van der Waals surface area contributed by atoms with E-state index in [-0.39, 0.29) is 17.9 Å². The molecule has 6 heteroatoms. The van der Waals surface area contributed by atoms with Crippen LogP contribution in [0.3, 0.4) is 0 Å². The van der Waals surface area contributed by atoms with Crippen molar-refractivity contribution in [2.45, 2.75) is 6.92 Å². The molecule has 1 rings (SSSR count). The molecule has 0 bridgehead atoms. The van der Waals surface area contributed by atoms with Gasteiger partial charge in [-0.2, -0.15) is 0 Å². The first-order chi connectivity index (χ1) is 9.08. The predicted molar refractivity (Wildman–Crippen MR) is 69.7 cm³/mol. The molecule has 6 nitrogen and oxygen atoms in total. The van der Waals surface area contributed by atoms with E-state index < -0.39 is 12.1 Å². The Hall–Kier alpha value is -2.50. The number of hydrogen-bond donors (Lipinski definition) is 2. The average molecular weight is 265 g/mol. The molecule has 2 N–H and O–H groups in total. The SMILES string of the molecule is C=CCOC(=O)Nc1ccc(C(=O)O)cc1OCC. The van der Waals surface area contributed by atoms with E-state index >= 15 is 0 Å². The summed E-state index contributed by atoms with van der Waals surface area (Å²) < 4.78 is 10.0. The minimum atomic E-state index is -1.07. The Balaban J connectivity index is 2.89. The van der Waals surface area contributed by atoms with Gasteiger partial charge in [-0.1, -0.05) is 12.7 Å². The van der Waals surface area contributed by atoms with E-state index in [1.54, 1.807) is 6.92 Å². The fraction of sp³-hybridized carbons (Fsp3) is 0.231. The number of ether oxygens (including phenoxy) is 2. The number of anilines is 1. The van der Waals surface area contributed by atoms with E-state index in [1.165, 1.54) is 24.3 Å². The molecule has 0 fully saturated rings. The summed E-state index contributed by atoms with van der Waals surface area (Å²) >= 11 is 0. The van der Waals surface area contributed by atoms with Crippen LogP contribution in [0, 0.1) is 0 Å². The van der Waals surface area contributed by atoms with Crippen molar-refractivity contribution in [1.29, 1.82) is 0 Å². The van der Waals surface area contributed by atoms with Crippen molar-refractivity contribution in [3.05, 3.63) is 36.4 Å². The maximum atomic E-state index is 11.4. The number of benzene rings is 1. The third-order valence-electron chi connectivity index (χ3n) is 2.10. The number of carboxylic acid groups (broad SMARTS) is 1. The van der Waals surface area contributed by atoms with Gasteiger partial charge in [0.15, 0.2) is 0 Å². The highest BCUT2D eigenvalue weighted by atomic mass is 16.5. The minimum Gasteiger partial charge on any atom is -0.492 e. The van der Waals surface area contributed by atoms with E-state index in [4.69, 9.17) is 14.6 Å².